The van der Waals surface area contributed by atoms with Gasteiger partial charge in [-0.3, -0.25) is 14.9 Å². The highest BCUT2D eigenvalue weighted by atomic mass is 16.2. The molecule has 0 radical (unpaired) electrons. The van der Waals surface area contributed by atoms with Crippen molar-refractivity contribution in [2.45, 2.75) is 50.9 Å². The van der Waals surface area contributed by atoms with Gasteiger partial charge in [0.2, 0.25) is 5.91 Å². The van der Waals surface area contributed by atoms with E-state index >= 15 is 0 Å². The van der Waals surface area contributed by atoms with Crippen LogP contribution in [0.4, 0.5) is 0 Å². The second kappa shape index (κ2) is 7.33. The lowest BCUT2D eigenvalue weighted by Crippen LogP contribution is -2.40. The Bertz CT molecular complexity index is 708. The van der Waals surface area contributed by atoms with Crippen molar-refractivity contribution in [1.82, 2.24) is 25.1 Å². The van der Waals surface area contributed by atoms with Gasteiger partial charge in [0.1, 0.15) is 5.82 Å². The van der Waals surface area contributed by atoms with Crippen molar-refractivity contribution >= 4 is 5.91 Å². The lowest BCUT2D eigenvalue weighted by atomic mass is 9.96. The minimum absolute atomic E-state index is 0.254. The molecule has 132 valence electrons. The number of pyridine rings is 1. The molecule has 1 aliphatic heterocycles. The van der Waals surface area contributed by atoms with Crippen molar-refractivity contribution in [2.24, 2.45) is 5.92 Å². The number of rotatable bonds is 4. The third-order valence-electron chi connectivity index (χ3n) is 5.54. The van der Waals surface area contributed by atoms with E-state index in [4.69, 9.17) is 0 Å². The molecule has 6 heteroatoms. The summed E-state index contributed by atoms with van der Waals surface area (Å²) in [6.07, 6.45) is 11.3. The van der Waals surface area contributed by atoms with Crippen LogP contribution in [0.25, 0.3) is 11.4 Å². The summed E-state index contributed by atoms with van der Waals surface area (Å²) < 4.78 is 0. The molecule has 1 saturated heterocycles. The smallest absolute Gasteiger partial charge is 0.222 e. The zero-order valence-electron chi connectivity index (χ0n) is 14.5. The highest BCUT2D eigenvalue weighted by molar-refractivity contribution is 5.76. The molecule has 0 unspecified atom stereocenters. The van der Waals surface area contributed by atoms with Crippen LogP contribution in [0.5, 0.6) is 0 Å². The normalized spacial score (nSPS) is 21.6. The van der Waals surface area contributed by atoms with Crippen LogP contribution >= 0.6 is 0 Å². The Kier molecular flexibility index (Phi) is 4.76. The van der Waals surface area contributed by atoms with Gasteiger partial charge in [-0.1, -0.05) is 12.8 Å². The molecule has 0 bridgehead atoms. The van der Waals surface area contributed by atoms with E-state index in [9.17, 15) is 4.79 Å². The van der Waals surface area contributed by atoms with Gasteiger partial charge in [0.05, 0.1) is 0 Å². The van der Waals surface area contributed by atoms with E-state index in [1.807, 2.05) is 17.0 Å². The molecule has 1 aliphatic carbocycles. The summed E-state index contributed by atoms with van der Waals surface area (Å²) in [5.41, 5.74) is 0.961. The first-order valence-corrected chi connectivity index (χ1v) is 9.40. The molecule has 3 heterocycles. The van der Waals surface area contributed by atoms with E-state index < -0.39 is 0 Å². The summed E-state index contributed by atoms with van der Waals surface area (Å²) in [7, 11) is 0. The Hall–Kier alpha value is -2.24. The summed E-state index contributed by atoms with van der Waals surface area (Å²) >= 11 is 0. The highest BCUT2D eigenvalue weighted by Crippen LogP contribution is 2.30. The Morgan fingerprint density at radius 2 is 1.96 bits per heavy atom. The third kappa shape index (κ3) is 3.72. The second-order valence-electron chi connectivity index (χ2n) is 7.31. The number of likely N-dealkylation sites (tertiary alicyclic amines) is 1. The zero-order valence-corrected chi connectivity index (χ0v) is 14.5. The molecular weight excluding hydrogens is 314 g/mol. The van der Waals surface area contributed by atoms with E-state index in [0.717, 1.165) is 43.7 Å². The fraction of sp³-hybridized carbons (Fsp3) is 0.579. The molecule has 0 spiro atoms. The van der Waals surface area contributed by atoms with Crippen molar-refractivity contribution in [3.8, 4) is 11.4 Å². The summed E-state index contributed by atoms with van der Waals surface area (Å²) in [6, 6.07) is 3.82. The number of nitrogens with zero attached hydrogens (tertiary/aromatic N) is 4. The fourth-order valence-electron chi connectivity index (χ4n) is 4.10. The van der Waals surface area contributed by atoms with Crippen LogP contribution < -0.4 is 0 Å². The monoisotopic (exact) mass is 339 g/mol. The molecule has 4 rings (SSSR count). The van der Waals surface area contributed by atoms with Crippen LogP contribution in [0.15, 0.2) is 24.5 Å². The van der Waals surface area contributed by atoms with Gasteiger partial charge >= 0.3 is 0 Å². The first kappa shape index (κ1) is 16.2. The third-order valence-corrected chi connectivity index (χ3v) is 5.54. The van der Waals surface area contributed by atoms with E-state index in [2.05, 4.69) is 20.2 Å². The number of aromatic nitrogens is 4. The Balaban J connectivity index is 1.41. The lowest BCUT2D eigenvalue weighted by molar-refractivity contribution is -0.133. The van der Waals surface area contributed by atoms with Gasteiger partial charge < -0.3 is 4.90 Å². The van der Waals surface area contributed by atoms with Crippen molar-refractivity contribution in [1.29, 1.82) is 0 Å². The maximum atomic E-state index is 12.6. The first-order valence-electron chi connectivity index (χ1n) is 9.40. The number of nitrogens with one attached hydrogen (secondary N) is 1. The number of aromatic amines is 1. The van der Waals surface area contributed by atoms with Crippen LogP contribution in [0.3, 0.4) is 0 Å². The minimum atomic E-state index is 0.254. The summed E-state index contributed by atoms with van der Waals surface area (Å²) in [4.78, 5) is 23.4. The van der Waals surface area contributed by atoms with Gasteiger partial charge in [0.15, 0.2) is 5.82 Å². The Morgan fingerprint density at radius 3 is 2.76 bits per heavy atom. The predicted octanol–water partition coefficient (Wildman–Crippen LogP) is 3.15. The first-order chi connectivity index (χ1) is 12.3. The molecule has 1 N–H and O–H groups in total. The summed E-state index contributed by atoms with van der Waals surface area (Å²) in [5, 5.41) is 7.43. The number of carbonyl (C=O) groups excluding carboxylic acids is 1. The van der Waals surface area contributed by atoms with E-state index in [-0.39, 0.29) is 5.92 Å². The van der Waals surface area contributed by atoms with Gasteiger partial charge in [0.25, 0.3) is 0 Å². The average molecular weight is 339 g/mol. The molecule has 2 fully saturated rings. The molecule has 6 nitrogen and oxygen atoms in total. The maximum absolute atomic E-state index is 12.6. The van der Waals surface area contributed by atoms with E-state index in [0.29, 0.717) is 17.6 Å². The van der Waals surface area contributed by atoms with Crippen LogP contribution in [0.1, 0.15) is 56.7 Å². The van der Waals surface area contributed by atoms with Crippen molar-refractivity contribution in [2.75, 3.05) is 13.1 Å². The fourth-order valence-corrected chi connectivity index (χ4v) is 4.10. The molecule has 1 atom stereocenters. The van der Waals surface area contributed by atoms with Crippen LogP contribution in [-0.2, 0) is 4.79 Å². The van der Waals surface area contributed by atoms with Crippen LogP contribution in [0, 0.1) is 5.92 Å². The number of H-pyrrole nitrogens is 1. The van der Waals surface area contributed by atoms with Gasteiger partial charge in [-0.15, -0.1) is 0 Å². The molecule has 2 aromatic rings. The zero-order chi connectivity index (χ0) is 17.1. The van der Waals surface area contributed by atoms with Gasteiger partial charge in [0, 0.05) is 43.4 Å². The number of carbonyl (C=O) groups is 1. The molecule has 25 heavy (non-hydrogen) atoms. The quantitative estimate of drug-likeness (QED) is 0.928. The van der Waals surface area contributed by atoms with Gasteiger partial charge in [-0.05, 0) is 43.7 Å². The topological polar surface area (TPSA) is 74.8 Å². The minimum Gasteiger partial charge on any atom is -0.342 e. The largest absolute Gasteiger partial charge is 0.342 e. The van der Waals surface area contributed by atoms with Crippen molar-refractivity contribution < 1.29 is 4.79 Å². The number of amides is 1. The van der Waals surface area contributed by atoms with E-state index in [1.165, 1.54) is 25.7 Å². The number of piperidine rings is 1. The highest BCUT2D eigenvalue weighted by Gasteiger charge is 2.29. The number of hydrogen-bond donors (Lipinski definition) is 1. The van der Waals surface area contributed by atoms with Crippen molar-refractivity contribution in [3.05, 3.63) is 30.4 Å². The van der Waals surface area contributed by atoms with Gasteiger partial charge in [-0.2, -0.15) is 5.10 Å². The second-order valence-corrected chi connectivity index (χ2v) is 7.31. The SMILES string of the molecule is O=C(CC1CCCC1)N1CCC[C@@H](c2nc(-c3ccncc3)n[nH]2)C1. The van der Waals surface area contributed by atoms with Crippen LogP contribution in [0.2, 0.25) is 0 Å². The van der Waals surface area contributed by atoms with Crippen LogP contribution in [-0.4, -0.2) is 44.1 Å². The standard InChI is InChI=1S/C19H25N5O/c25-17(12-14-4-1-2-5-14)24-11-3-6-16(13-24)19-21-18(22-23-19)15-7-9-20-10-8-15/h7-10,14,16H,1-6,11-13H2,(H,21,22,23)/t16-/m1/s1. The summed E-state index contributed by atoms with van der Waals surface area (Å²) in [5.74, 6) is 2.78. The van der Waals surface area contributed by atoms with Gasteiger partial charge in [-0.25, -0.2) is 4.98 Å². The maximum Gasteiger partial charge on any atom is 0.222 e. The molecule has 0 aromatic carbocycles. The summed E-state index contributed by atoms with van der Waals surface area (Å²) in [6.45, 7) is 1.64. The lowest BCUT2D eigenvalue weighted by Gasteiger charge is -2.32. The number of hydrogen-bond acceptors (Lipinski definition) is 4. The Morgan fingerprint density at radius 1 is 1.16 bits per heavy atom. The molecule has 2 aromatic heterocycles. The van der Waals surface area contributed by atoms with E-state index in [1.54, 1.807) is 12.4 Å². The van der Waals surface area contributed by atoms with Crippen molar-refractivity contribution in [3.63, 3.8) is 0 Å². The predicted molar refractivity (Wildman–Crippen MR) is 94.7 cm³/mol. The molecular formula is C19H25N5O. The molecule has 2 aliphatic rings. The molecule has 1 saturated carbocycles. The average Bonchev–Trinajstić information content (AvgIpc) is 3.34. The Labute approximate surface area is 148 Å². The molecule has 1 amide bonds.